The second-order valence-electron chi connectivity index (χ2n) is 8.47. The zero-order chi connectivity index (χ0) is 25.3. The van der Waals surface area contributed by atoms with Crippen LogP contribution in [0.2, 0.25) is 0 Å². The molecular formula is C24H27F4N3O3. The van der Waals surface area contributed by atoms with Gasteiger partial charge in [-0.05, 0) is 39.8 Å². The van der Waals surface area contributed by atoms with Gasteiger partial charge in [-0.2, -0.15) is 8.78 Å². The van der Waals surface area contributed by atoms with Gasteiger partial charge in [0, 0.05) is 24.1 Å². The first-order valence-electron chi connectivity index (χ1n) is 10.6. The largest absolute Gasteiger partial charge is 0.488 e. The summed E-state index contributed by atoms with van der Waals surface area (Å²) in [5.41, 5.74) is -3.14. The van der Waals surface area contributed by atoms with E-state index in [4.69, 9.17) is 9.47 Å². The molecular weight excluding hydrogens is 454 g/mol. The van der Waals surface area contributed by atoms with E-state index < -0.39 is 34.8 Å². The Kier molecular flexibility index (Phi) is 7.32. The van der Waals surface area contributed by atoms with E-state index in [-0.39, 0.29) is 30.3 Å². The Balaban J connectivity index is 2.01. The maximum Gasteiger partial charge on any atom is 0.303 e. The van der Waals surface area contributed by atoms with E-state index in [1.165, 1.54) is 31.4 Å². The molecule has 0 unspecified atom stereocenters. The van der Waals surface area contributed by atoms with Crippen molar-refractivity contribution in [1.29, 1.82) is 0 Å². The molecule has 3 aromatic rings. The number of methoxy groups -OCH3 is 1. The predicted molar refractivity (Wildman–Crippen MR) is 120 cm³/mol. The molecule has 10 heteroatoms. The summed E-state index contributed by atoms with van der Waals surface area (Å²) in [6.45, 7) is 5.41. The fourth-order valence-corrected chi connectivity index (χ4v) is 3.44. The van der Waals surface area contributed by atoms with Crippen molar-refractivity contribution in [3.05, 3.63) is 58.9 Å². The molecule has 34 heavy (non-hydrogen) atoms. The minimum atomic E-state index is -3.82. The van der Waals surface area contributed by atoms with Gasteiger partial charge in [0.25, 0.3) is 0 Å². The monoisotopic (exact) mass is 481 g/mol. The highest BCUT2D eigenvalue weighted by Crippen LogP contribution is 2.41. The molecule has 0 fully saturated rings. The summed E-state index contributed by atoms with van der Waals surface area (Å²) >= 11 is 0. The van der Waals surface area contributed by atoms with Gasteiger partial charge in [0.05, 0.1) is 23.7 Å². The van der Waals surface area contributed by atoms with E-state index >= 15 is 4.39 Å². The van der Waals surface area contributed by atoms with Crippen LogP contribution in [0.3, 0.4) is 0 Å². The van der Waals surface area contributed by atoms with Crippen LogP contribution in [0.25, 0.3) is 10.9 Å². The molecule has 0 aliphatic rings. The number of rotatable bonds is 9. The van der Waals surface area contributed by atoms with Crippen LogP contribution in [-0.2, 0) is 10.7 Å². The second-order valence-corrected chi connectivity index (χ2v) is 8.47. The Morgan fingerprint density at radius 2 is 1.82 bits per heavy atom. The number of ether oxygens (including phenoxy) is 2. The molecule has 1 heterocycles. The minimum Gasteiger partial charge on any atom is -0.488 e. The van der Waals surface area contributed by atoms with Crippen LogP contribution in [0.5, 0.6) is 5.75 Å². The second kappa shape index (κ2) is 9.71. The van der Waals surface area contributed by atoms with Crippen molar-refractivity contribution in [3.8, 4) is 5.75 Å². The number of nitrogens with one attached hydrogen (secondary N) is 1. The zero-order valence-electron chi connectivity index (χ0n) is 19.5. The quantitative estimate of drug-likeness (QED) is 0.320. The fraction of sp³-hybridized carbons (Fsp3) is 0.417. The average molecular weight is 481 g/mol. The number of aromatic nitrogens is 2. The average Bonchev–Trinajstić information content (AvgIpc) is 2.73. The van der Waals surface area contributed by atoms with E-state index in [0.29, 0.717) is 16.7 Å². The Bertz CT molecular complexity index is 1180. The summed E-state index contributed by atoms with van der Waals surface area (Å²) in [6, 6.07) is 5.42. The Morgan fingerprint density at radius 1 is 1.12 bits per heavy atom. The summed E-state index contributed by atoms with van der Waals surface area (Å²) in [5, 5.41) is 13.3. The van der Waals surface area contributed by atoms with Gasteiger partial charge in [-0.1, -0.05) is 12.1 Å². The van der Waals surface area contributed by atoms with Gasteiger partial charge in [-0.15, -0.1) is 0 Å². The number of hydrogen-bond donors (Lipinski definition) is 2. The first-order valence-corrected chi connectivity index (χ1v) is 10.6. The summed E-state index contributed by atoms with van der Waals surface area (Å²) in [4.78, 5) is 8.57. The topological polar surface area (TPSA) is 76.5 Å². The van der Waals surface area contributed by atoms with Crippen LogP contribution >= 0.6 is 0 Å². The van der Waals surface area contributed by atoms with Crippen LogP contribution in [0.4, 0.5) is 23.4 Å². The number of anilines is 1. The van der Waals surface area contributed by atoms with Crippen LogP contribution in [0, 0.1) is 18.6 Å². The third-order valence-electron chi connectivity index (χ3n) is 5.36. The van der Waals surface area contributed by atoms with Crippen molar-refractivity contribution < 1.29 is 32.1 Å². The molecule has 0 aliphatic heterocycles. The van der Waals surface area contributed by atoms with Gasteiger partial charge in [-0.3, -0.25) is 0 Å². The van der Waals surface area contributed by atoms with Crippen molar-refractivity contribution >= 4 is 16.7 Å². The summed E-state index contributed by atoms with van der Waals surface area (Å²) in [5.74, 6) is -5.03. The van der Waals surface area contributed by atoms with Crippen molar-refractivity contribution in [2.24, 2.45) is 0 Å². The molecule has 184 valence electrons. The Labute approximate surface area is 194 Å². The molecule has 6 nitrogen and oxygen atoms in total. The highest BCUT2D eigenvalue weighted by molar-refractivity contribution is 5.90. The lowest BCUT2D eigenvalue weighted by Crippen LogP contribution is -2.41. The first kappa shape index (κ1) is 25.6. The van der Waals surface area contributed by atoms with Gasteiger partial charge in [0.2, 0.25) is 0 Å². The van der Waals surface area contributed by atoms with Gasteiger partial charge in [0.15, 0.2) is 11.6 Å². The summed E-state index contributed by atoms with van der Waals surface area (Å²) < 4.78 is 69.3. The van der Waals surface area contributed by atoms with Crippen molar-refractivity contribution in [2.75, 3.05) is 25.6 Å². The van der Waals surface area contributed by atoms with E-state index in [1.54, 1.807) is 13.8 Å². The van der Waals surface area contributed by atoms with Crippen molar-refractivity contribution in [2.45, 2.75) is 45.3 Å². The van der Waals surface area contributed by atoms with Crippen LogP contribution in [0.1, 0.15) is 43.8 Å². The number of hydrogen-bond acceptors (Lipinski definition) is 6. The number of benzene rings is 2. The van der Waals surface area contributed by atoms with E-state index in [1.807, 2.05) is 0 Å². The molecule has 1 atom stereocenters. The molecule has 3 rings (SSSR count). The molecule has 1 aromatic heterocycles. The van der Waals surface area contributed by atoms with Gasteiger partial charge >= 0.3 is 5.92 Å². The lowest BCUT2D eigenvalue weighted by atomic mass is 9.91. The lowest BCUT2D eigenvalue weighted by Gasteiger charge is -2.30. The van der Waals surface area contributed by atoms with Crippen LogP contribution in [0.15, 0.2) is 30.3 Å². The number of nitrogens with zero attached hydrogens (tertiary/aromatic N) is 2. The highest BCUT2D eigenvalue weighted by Gasteiger charge is 2.49. The number of alkyl halides is 2. The van der Waals surface area contributed by atoms with Gasteiger partial charge in [-0.25, -0.2) is 18.7 Å². The Morgan fingerprint density at radius 3 is 2.47 bits per heavy atom. The van der Waals surface area contributed by atoms with E-state index in [2.05, 4.69) is 15.3 Å². The SMILES string of the molecule is COCCOc1cc2c(N[C@H](C)c3cccc(C(F)(F)C(C)(C)O)c3F)nc(C)nc2cc1F. The molecule has 0 saturated carbocycles. The number of aliphatic hydroxyl groups is 1. The molecule has 0 aliphatic carbocycles. The smallest absolute Gasteiger partial charge is 0.303 e. The third-order valence-corrected chi connectivity index (χ3v) is 5.36. The third kappa shape index (κ3) is 5.07. The first-order chi connectivity index (χ1) is 15.9. The molecule has 2 aromatic carbocycles. The van der Waals surface area contributed by atoms with Crippen molar-refractivity contribution in [3.63, 3.8) is 0 Å². The maximum absolute atomic E-state index is 15.2. The zero-order valence-corrected chi connectivity index (χ0v) is 19.5. The normalized spacial score (nSPS) is 13.2. The number of halogens is 4. The van der Waals surface area contributed by atoms with E-state index in [0.717, 1.165) is 19.9 Å². The Hall–Kier alpha value is -2.98. The molecule has 0 amide bonds. The number of fused-ring (bicyclic) bond motifs is 1. The van der Waals surface area contributed by atoms with Crippen LogP contribution in [-0.4, -0.2) is 41.0 Å². The summed E-state index contributed by atoms with van der Waals surface area (Å²) in [7, 11) is 1.49. The number of aryl methyl sites for hydroxylation is 1. The highest BCUT2D eigenvalue weighted by atomic mass is 19.3. The van der Waals surface area contributed by atoms with Gasteiger partial charge in [0.1, 0.15) is 29.7 Å². The standard InChI is InChI=1S/C24H27F4N3O3/c1-13(15-7-6-8-17(21(15)26)24(27,28)23(3,4)32)29-22-16-11-20(34-10-9-33-5)18(25)12-19(16)30-14(2)31-22/h6-8,11-13,32H,9-10H2,1-5H3,(H,29,30,31)/t13-/m1/s1. The summed E-state index contributed by atoms with van der Waals surface area (Å²) in [6.07, 6.45) is 0. The van der Waals surface area contributed by atoms with E-state index in [9.17, 15) is 18.3 Å². The molecule has 0 saturated heterocycles. The van der Waals surface area contributed by atoms with Gasteiger partial charge < -0.3 is 19.9 Å². The molecule has 2 N–H and O–H groups in total. The molecule has 0 spiro atoms. The molecule has 0 radical (unpaired) electrons. The fourth-order valence-electron chi connectivity index (χ4n) is 3.44. The minimum absolute atomic E-state index is 0.0364. The predicted octanol–water partition coefficient (Wildman–Crippen LogP) is 5.28. The van der Waals surface area contributed by atoms with Crippen molar-refractivity contribution in [1.82, 2.24) is 9.97 Å². The maximum atomic E-state index is 15.2. The molecule has 0 bridgehead atoms. The lowest BCUT2D eigenvalue weighted by molar-refractivity contribution is -0.170. The van der Waals surface area contributed by atoms with Crippen LogP contribution < -0.4 is 10.1 Å².